The van der Waals surface area contributed by atoms with Crippen LogP contribution in [0.2, 0.25) is 0 Å². The van der Waals surface area contributed by atoms with Gasteiger partial charge in [0, 0.05) is 24.0 Å². The van der Waals surface area contributed by atoms with Crippen molar-refractivity contribution in [3.8, 4) is 23.7 Å². The average molecular weight is 495 g/mol. The van der Waals surface area contributed by atoms with Crippen molar-refractivity contribution in [2.75, 3.05) is 13.2 Å². The van der Waals surface area contributed by atoms with Crippen molar-refractivity contribution >= 4 is 10.8 Å². The van der Waals surface area contributed by atoms with E-state index in [-0.39, 0.29) is 26.1 Å². The van der Waals surface area contributed by atoms with Crippen molar-refractivity contribution in [1.82, 2.24) is 0 Å². The molecule has 0 aliphatic carbocycles. The molecule has 2 fully saturated rings. The van der Waals surface area contributed by atoms with Gasteiger partial charge in [-0.2, -0.15) is 9.81 Å². The zero-order chi connectivity index (χ0) is 25.7. The average Bonchev–Trinajstić information content (AvgIpc) is 2.91. The lowest BCUT2D eigenvalue weighted by atomic mass is 9.94. The lowest BCUT2D eigenvalue weighted by Crippen LogP contribution is -2.48. The van der Waals surface area contributed by atoms with Crippen molar-refractivity contribution < 1.29 is 29.9 Å². The first-order valence-electron chi connectivity index (χ1n) is 11.6. The summed E-state index contributed by atoms with van der Waals surface area (Å²) in [6, 6.07) is 9.06. The highest BCUT2D eigenvalue weighted by Gasteiger charge is 2.40. The lowest BCUT2D eigenvalue weighted by molar-refractivity contribution is -0.156. The molecular formula is C26H26N2O8. The Morgan fingerprint density at radius 2 is 1.39 bits per heavy atom. The molecular weight excluding hydrogens is 468 g/mol. The van der Waals surface area contributed by atoms with Crippen molar-refractivity contribution in [3.05, 3.63) is 57.3 Å². The first-order valence-corrected chi connectivity index (χ1v) is 11.6. The van der Waals surface area contributed by atoms with E-state index >= 15 is 0 Å². The molecule has 2 aromatic carbocycles. The molecule has 0 radical (unpaired) electrons. The summed E-state index contributed by atoms with van der Waals surface area (Å²) in [7, 11) is 0. The molecule has 0 aromatic heterocycles. The van der Waals surface area contributed by atoms with Gasteiger partial charge in [0.15, 0.2) is 6.04 Å². The van der Waals surface area contributed by atoms with E-state index < -0.39 is 48.7 Å². The summed E-state index contributed by atoms with van der Waals surface area (Å²) in [4.78, 5) is 22.4. The number of nitrogens with zero attached hydrogens (tertiary/aromatic N) is 2. The first-order chi connectivity index (χ1) is 17.4. The Kier molecular flexibility index (Phi) is 8.39. The maximum absolute atomic E-state index is 11.3. The molecule has 0 saturated carbocycles. The minimum atomic E-state index is -1.17. The van der Waals surface area contributed by atoms with Gasteiger partial charge < -0.3 is 29.9 Å². The van der Waals surface area contributed by atoms with E-state index in [1.807, 2.05) is 30.3 Å². The second-order valence-corrected chi connectivity index (χ2v) is 8.84. The predicted molar refractivity (Wildman–Crippen MR) is 130 cm³/mol. The van der Waals surface area contributed by atoms with Crippen LogP contribution >= 0.6 is 0 Å². The molecule has 0 amide bonds. The molecule has 4 rings (SSSR count). The van der Waals surface area contributed by atoms with E-state index in [0.29, 0.717) is 11.1 Å². The van der Waals surface area contributed by atoms with Gasteiger partial charge in [-0.25, -0.2) is 0 Å². The van der Waals surface area contributed by atoms with Gasteiger partial charge in [0.1, 0.15) is 24.4 Å². The summed E-state index contributed by atoms with van der Waals surface area (Å²) in [5.41, 5.74) is 1.28. The fraction of sp³-hybridized carbons (Fsp3) is 0.462. The molecule has 0 bridgehead atoms. The lowest BCUT2D eigenvalue weighted by Gasteiger charge is -2.33. The monoisotopic (exact) mass is 494 g/mol. The summed E-state index contributed by atoms with van der Waals surface area (Å²) in [6.07, 6.45) is -5.09. The minimum Gasteiger partial charge on any atom is -0.394 e. The number of rotatable bonds is 4. The molecule has 36 heavy (non-hydrogen) atoms. The molecule has 8 atom stereocenters. The Hall–Kier alpha value is -3.22. The van der Waals surface area contributed by atoms with E-state index in [4.69, 9.17) is 9.47 Å². The van der Waals surface area contributed by atoms with Gasteiger partial charge in [0.25, 0.3) is 0 Å². The molecule has 0 spiro atoms. The van der Waals surface area contributed by atoms with Crippen molar-refractivity contribution in [2.45, 2.75) is 61.5 Å². The quantitative estimate of drug-likeness (QED) is 0.359. The zero-order valence-corrected chi connectivity index (χ0v) is 19.2. The molecule has 188 valence electrons. The standard InChI is InChI=1S/C26H26N2O8/c29-13-19-11-21(27-33)25(28-34)23(35-19)7-3-15-1-5-17-6-2-16(10-18(17)9-15)4-8-24-26(32)22(31)12-20(14-30)36-24/h1-2,5-6,9-10,19-26,29-32H,11-14H2/t19-,20-,21?,22-,23?,24+,25-,26-/m0/s1. The number of benzene rings is 2. The van der Waals surface area contributed by atoms with Gasteiger partial charge in [-0.1, -0.05) is 46.2 Å². The third-order valence-electron chi connectivity index (χ3n) is 6.32. The summed E-state index contributed by atoms with van der Waals surface area (Å²) in [5.74, 6) is 11.6. The number of aliphatic hydroxyl groups is 4. The highest BCUT2D eigenvalue weighted by Crippen LogP contribution is 2.25. The van der Waals surface area contributed by atoms with E-state index in [1.54, 1.807) is 6.07 Å². The molecule has 2 aromatic rings. The van der Waals surface area contributed by atoms with E-state index in [2.05, 4.69) is 34.0 Å². The zero-order valence-electron chi connectivity index (χ0n) is 19.2. The van der Waals surface area contributed by atoms with Crippen LogP contribution in [0.4, 0.5) is 0 Å². The predicted octanol–water partition coefficient (Wildman–Crippen LogP) is 0.834. The number of fused-ring (bicyclic) bond motifs is 1. The molecule has 10 heteroatoms. The van der Waals surface area contributed by atoms with Crippen molar-refractivity contribution in [3.63, 3.8) is 0 Å². The molecule has 2 unspecified atom stereocenters. The number of hydrogen-bond donors (Lipinski definition) is 4. The summed E-state index contributed by atoms with van der Waals surface area (Å²) in [6.45, 7) is -0.595. The van der Waals surface area contributed by atoms with E-state index in [1.165, 1.54) is 0 Å². The number of ether oxygens (including phenoxy) is 2. The molecule has 2 saturated heterocycles. The van der Waals surface area contributed by atoms with Gasteiger partial charge in [-0.15, -0.1) is 0 Å². The Bertz CT molecular complexity index is 1230. The molecule has 2 aliphatic heterocycles. The maximum Gasteiger partial charge on any atom is 0.155 e. The van der Waals surface area contributed by atoms with Gasteiger partial charge in [0.2, 0.25) is 0 Å². The van der Waals surface area contributed by atoms with Crippen molar-refractivity contribution in [2.24, 2.45) is 10.4 Å². The minimum absolute atomic E-state index is 0.108. The molecule has 2 aliphatic rings. The van der Waals surface area contributed by atoms with Gasteiger partial charge in [-0.3, -0.25) is 0 Å². The molecule has 2 heterocycles. The topological polar surface area (TPSA) is 158 Å². The van der Waals surface area contributed by atoms with Crippen LogP contribution in [0.1, 0.15) is 24.0 Å². The Labute approximate surface area is 207 Å². The van der Waals surface area contributed by atoms with E-state index in [9.17, 15) is 30.2 Å². The van der Waals surface area contributed by atoms with Gasteiger partial charge in [-0.05, 0) is 35.0 Å². The van der Waals surface area contributed by atoms with Crippen molar-refractivity contribution in [1.29, 1.82) is 0 Å². The second-order valence-electron chi connectivity index (χ2n) is 8.84. The fourth-order valence-electron chi connectivity index (χ4n) is 4.32. The maximum atomic E-state index is 11.3. The fourth-order valence-corrected chi connectivity index (χ4v) is 4.32. The Morgan fingerprint density at radius 1 is 0.806 bits per heavy atom. The van der Waals surface area contributed by atoms with Crippen LogP contribution in [0.25, 0.3) is 10.8 Å². The largest absolute Gasteiger partial charge is 0.394 e. The first kappa shape index (κ1) is 25.9. The Morgan fingerprint density at radius 3 is 1.97 bits per heavy atom. The normalized spacial score (nSPS) is 32.0. The van der Waals surface area contributed by atoms with Crippen LogP contribution in [-0.2, 0) is 9.47 Å². The summed E-state index contributed by atoms with van der Waals surface area (Å²) in [5, 5.41) is 46.5. The molecule has 10 nitrogen and oxygen atoms in total. The SMILES string of the molecule is O=NC1C[C@@H](CO)OC(C#Cc2ccc3ccc(C#C[C@H]4O[C@H](CO)C[C@H](O)[C@@H]4O)cc3c2)[C@H]1N=O. The number of hydrogen-bond acceptors (Lipinski definition) is 10. The van der Waals surface area contributed by atoms with Crippen LogP contribution < -0.4 is 0 Å². The van der Waals surface area contributed by atoms with Gasteiger partial charge >= 0.3 is 0 Å². The van der Waals surface area contributed by atoms with Crippen LogP contribution in [0, 0.1) is 33.5 Å². The van der Waals surface area contributed by atoms with Crippen LogP contribution in [0.3, 0.4) is 0 Å². The highest BCUT2D eigenvalue weighted by molar-refractivity contribution is 5.85. The molecule has 4 N–H and O–H groups in total. The van der Waals surface area contributed by atoms with E-state index in [0.717, 1.165) is 10.8 Å². The number of aliphatic hydroxyl groups excluding tert-OH is 4. The van der Waals surface area contributed by atoms with Crippen LogP contribution in [0.15, 0.2) is 46.8 Å². The number of nitroso groups, excluding NO2 is 2. The second kappa shape index (κ2) is 11.7. The van der Waals surface area contributed by atoms with Crippen LogP contribution in [-0.4, -0.2) is 82.3 Å². The van der Waals surface area contributed by atoms with Crippen LogP contribution in [0.5, 0.6) is 0 Å². The summed E-state index contributed by atoms with van der Waals surface area (Å²) >= 11 is 0. The van der Waals surface area contributed by atoms with Gasteiger partial charge in [0.05, 0.1) is 31.5 Å². The third kappa shape index (κ3) is 5.77. The third-order valence-corrected chi connectivity index (χ3v) is 6.32. The highest BCUT2D eigenvalue weighted by atomic mass is 16.5. The Balaban J connectivity index is 1.56. The summed E-state index contributed by atoms with van der Waals surface area (Å²) < 4.78 is 11.2. The smallest absolute Gasteiger partial charge is 0.155 e.